The number of hydrogen-bond donors (Lipinski definition) is 1. The zero-order valence-electron chi connectivity index (χ0n) is 21.6. The second-order valence-electron chi connectivity index (χ2n) is 10.1. The first-order valence-electron chi connectivity index (χ1n) is 12.8. The number of rotatable bonds is 7. The molecule has 204 valence electrons. The molecule has 2 fully saturated rings. The van der Waals surface area contributed by atoms with E-state index in [0.717, 1.165) is 24.7 Å². The first kappa shape index (κ1) is 26.7. The van der Waals surface area contributed by atoms with Crippen molar-refractivity contribution in [1.29, 1.82) is 5.26 Å². The molecule has 3 aromatic rings. The van der Waals surface area contributed by atoms with Crippen molar-refractivity contribution in [1.82, 2.24) is 14.9 Å². The van der Waals surface area contributed by atoms with Crippen molar-refractivity contribution in [3.05, 3.63) is 47.3 Å². The number of methoxy groups -OCH3 is 1. The summed E-state index contributed by atoms with van der Waals surface area (Å²) < 4.78 is 44.5. The molecule has 39 heavy (non-hydrogen) atoms. The number of alkyl halides is 3. The van der Waals surface area contributed by atoms with E-state index >= 15 is 0 Å². The molecule has 1 aromatic carbocycles. The van der Waals surface area contributed by atoms with Gasteiger partial charge in [-0.15, -0.1) is 0 Å². The lowest BCUT2D eigenvalue weighted by molar-refractivity contribution is -0.134. The molecule has 5 rings (SSSR count). The maximum atomic E-state index is 13.2. The van der Waals surface area contributed by atoms with E-state index in [1.54, 1.807) is 31.4 Å². The van der Waals surface area contributed by atoms with Gasteiger partial charge in [0.25, 0.3) is 5.78 Å². The molecule has 0 radical (unpaired) electrons. The maximum absolute atomic E-state index is 13.2. The number of ether oxygens (including phenoxy) is 1. The smallest absolute Gasteiger partial charge is 0.384 e. The minimum absolute atomic E-state index is 0.0232. The number of nitriles is 1. The third kappa shape index (κ3) is 5.21. The van der Waals surface area contributed by atoms with Crippen molar-refractivity contribution >= 4 is 28.4 Å². The van der Waals surface area contributed by atoms with E-state index in [-0.39, 0.29) is 23.3 Å². The zero-order chi connectivity index (χ0) is 27.9. The number of ketones is 1. The van der Waals surface area contributed by atoms with E-state index in [2.05, 4.69) is 11.1 Å². The van der Waals surface area contributed by atoms with Crippen LogP contribution in [0.2, 0.25) is 0 Å². The summed E-state index contributed by atoms with van der Waals surface area (Å²) in [5.41, 5.74) is 2.38. The molecule has 8 nitrogen and oxygen atoms in total. The van der Waals surface area contributed by atoms with E-state index < -0.39 is 17.5 Å². The number of Topliss-reactive ketones (excluding diaryl/α,β-unsaturated/α-hetero) is 1. The van der Waals surface area contributed by atoms with Gasteiger partial charge in [0.05, 0.1) is 29.8 Å². The molecule has 1 saturated carbocycles. The van der Waals surface area contributed by atoms with Crippen LogP contribution in [0.5, 0.6) is 0 Å². The molecule has 11 heteroatoms. The monoisotopic (exact) mass is 539 g/mol. The third-order valence-electron chi connectivity index (χ3n) is 7.38. The number of aromatic amines is 1. The molecule has 1 amide bonds. The first-order valence-corrected chi connectivity index (χ1v) is 12.8. The van der Waals surface area contributed by atoms with E-state index in [9.17, 15) is 28.0 Å². The van der Waals surface area contributed by atoms with Crippen molar-refractivity contribution in [2.45, 2.75) is 44.3 Å². The number of pyridine rings is 1. The van der Waals surface area contributed by atoms with E-state index in [1.165, 1.54) is 0 Å². The maximum Gasteiger partial charge on any atom is 0.454 e. The second kappa shape index (κ2) is 10.3. The molecule has 2 aromatic heterocycles. The standard InChI is InChI=1S/C28H28F3N5O3/c1-16-15-35(8-9-36(16)24(37)7-10-39-2)27-19(13-32)12-20(25(34-27)17-3-4-17)18-5-6-23-21(11-18)22(14-33-23)26(38)28(29,30)31/h5-6,11-12,14,16-17,33H,3-4,7-10,15H2,1-2H3. The average Bonchev–Trinajstić information content (AvgIpc) is 3.68. The first-order chi connectivity index (χ1) is 18.6. The summed E-state index contributed by atoms with van der Waals surface area (Å²) >= 11 is 0. The number of carbonyl (C=O) groups excluding carboxylic acids is 2. The fourth-order valence-electron chi connectivity index (χ4n) is 5.22. The van der Waals surface area contributed by atoms with Crippen LogP contribution in [0.4, 0.5) is 19.0 Å². The number of H-pyrrole nitrogens is 1. The van der Waals surface area contributed by atoms with Crippen LogP contribution in [0.1, 0.15) is 53.7 Å². The molecule has 1 atom stereocenters. The number of piperazine rings is 1. The lowest BCUT2D eigenvalue weighted by atomic mass is 9.96. The molecule has 3 heterocycles. The second-order valence-corrected chi connectivity index (χ2v) is 10.1. The normalized spacial score (nSPS) is 17.9. The number of nitrogens with zero attached hydrogens (tertiary/aromatic N) is 4. The van der Waals surface area contributed by atoms with Crippen molar-refractivity contribution in [3.63, 3.8) is 0 Å². The Balaban J connectivity index is 1.50. The number of hydrogen-bond acceptors (Lipinski definition) is 6. The summed E-state index contributed by atoms with van der Waals surface area (Å²) in [6, 6.07) is 8.85. The van der Waals surface area contributed by atoms with Gasteiger partial charge >= 0.3 is 6.18 Å². The number of amides is 1. The fraction of sp³-hybridized carbons (Fsp3) is 0.429. The highest BCUT2D eigenvalue weighted by Crippen LogP contribution is 2.45. The summed E-state index contributed by atoms with van der Waals surface area (Å²) in [6.45, 7) is 3.86. The minimum Gasteiger partial charge on any atom is -0.384 e. The molecule has 0 bridgehead atoms. The van der Waals surface area contributed by atoms with Gasteiger partial charge in [-0.3, -0.25) is 9.59 Å². The van der Waals surface area contributed by atoms with Crippen molar-refractivity contribution < 1.29 is 27.5 Å². The number of carbonyl (C=O) groups is 2. The van der Waals surface area contributed by atoms with Gasteiger partial charge in [0, 0.05) is 61.4 Å². The summed E-state index contributed by atoms with van der Waals surface area (Å²) in [4.78, 5) is 36.1. The van der Waals surface area contributed by atoms with E-state index in [4.69, 9.17) is 9.72 Å². The van der Waals surface area contributed by atoms with E-state index in [1.807, 2.05) is 16.7 Å². The number of fused-ring (bicyclic) bond motifs is 1. The van der Waals surface area contributed by atoms with Crippen LogP contribution in [-0.2, 0) is 9.53 Å². The topological polar surface area (TPSA) is 102 Å². The molecule has 1 unspecified atom stereocenters. The summed E-state index contributed by atoms with van der Waals surface area (Å²) in [7, 11) is 1.56. The molecule has 2 aliphatic rings. The Labute approximate surface area is 223 Å². The SMILES string of the molecule is COCCC(=O)N1CCN(c2nc(C3CC3)c(-c3ccc4[nH]cc(C(=O)C(F)(F)F)c4c3)cc2C#N)CC1C. The van der Waals surface area contributed by atoms with Gasteiger partial charge in [-0.2, -0.15) is 18.4 Å². The molecule has 0 spiro atoms. The molecule has 1 N–H and O–H groups in total. The molecule has 1 aliphatic carbocycles. The van der Waals surface area contributed by atoms with Crippen LogP contribution >= 0.6 is 0 Å². The lowest BCUT2D eigenvalue weighted by Gasteiger charge is -2.41. The van der Waals surface area contributed by atoms with Gasteiger partial charge < -0.3 is 19.5 Å². The van der Waals surface area contributed by atoms with Gasteiger partial charge in [-0.25, -0.2) is 4.98 Å². The highest BCUT2D eigenvalue weighted by Gasteiger charge is 2.40. The highest BCUT2D eigenvalue weighted by atomic mass is 19.4. The highest BCUT2D eigenvalue weighted by molar-refractivity contribution is 6.11. The van der Waals surface area contributed by atoms with E-state index in [0.29, 0.717) is 60.7 Å². The van der Waals surface area contributed by atoms with Crippen LogP contribution in [0.25, 0.3) is 22.0 Å². The summed E-state index contributed by atoms with van der Waals surface area (Å²) in [5.74, 6) is -1.16. The Morgan fingerprint density at radius 1 is 1.23 bits per heavy atom. The number of halogens is 3. The van der Waals surface area contributed by atoms with Gasteiger partial charge in [0.15, 0.2) is 0 Å². The molecular weight excluding hydrogens is 511 g/mol. The number of benzene rings is 1. The molecule has 1 aliphatic heterocycles. The van der Waals surface area contributed by atoms with Crippen LogP contribution < -0.4 is 4.90 Å². The Kier molecular flexibility index (Phi) is 7.07. The third-order valence-corrected chi connectivity index (χ3v) is 7.38. The predicted octanol–water partition coefficient (Wildman–Crippen LogP) is 4.80. The van der Waals surface area contributed by atoms with Gasteiger partial charge in [0.2, 0.25) is 5.91 Å². The largest absolute Gasteiger partial charge is 0.454 e. The quantitative estimate of drug-likeness (QED) is 0.433. The van der Waals surface area contributed by atoms with Crippen molar-refractivity contribution in [3.8, 4) is 17.2 Å². The average molecular weight is 540 g/mol. The Hall–Kier alpha value is -3.91. The number of nitrogens with one attached hydrogen (secondary N) is 1. The lowest BCUT2D eigenvalue weighted by Crippen LogP contribution is -2.54. The van der Waals surface area contributed by atoms with Crippen LogP contribution in [-0.4, -0.2) is 72.1 Å². The summed E-state index contributed by atoms with van der Waals surface area (Å²) in [6.07, 6.45) is -1.75. The van der Waals surface area contributed by atoms with Crippen LogP contribution in [0.15, 0.2) is 30.5 Å². The van der Waals surface area contributed by atoms with Crippen LogP contribution in [0.3, 0.4) is 0 Å². The van der Waals surface area contributed by atoms with Crippen molar-refractivity contribution in [2.75, 3.05) is 38.3 Å². The molecule has 1 saturated heterocycles. The Morgan fingerprint density at radius 2 is 2.00 bits per heavy atom. The fourth-order valence-corrected chi connectivity index (χ4v) is 5.22. The number of anilines is 1. The Morgan fingerprint density at radius 3 is 2.64 bits per heavy atom. The Bertz CT molecular complexity index is 1470. The zero-order valence-corrected chi connectivity index (χ0v) is 21.6. The minimum atomic E-state index is -4.99. The van der Waals surface area contributed by atoms with Gasteiger partial charge in [-0.1, -0.05) is 6.07 Å². The van der Waals surface area contributed by atoms with Crippen molar-refractivity contribution in [2.24, 2.45) is 0 Å². The summed E-state index contributed by atoms with van der Waals surface area (Å²) in [5, 5.41) is 10.2. The van der Waals surface area contributed by atoms with Gasteiger partial charge in [-0.05, 0) is 43.5 Å². The molecular formula is C28H28F3N5O3. The number of aromatic nitrogens is 2. The predicted molar refractivity (Wildman–Crippen MR) is 138 cm³/mol. The van der Waals surface area contributed by atoms with Gasteiger partial charge in [0.1, 0.15) is 11.9 Å². The van der Waals surface area contributed by atoms with Crippen LogP contribution in [0, 0.1) is 11.3 Å².